The molecular weight excluding hydrogens is 286 g/mol. The maximum absolute atomic E-state index is 4.66. The van der Waals surface area contributed by atoms with Gasteiger partial charge in [0, 0.05) is 50.4 Å². The first-order valence-electron chi connectivity index (χ1n) is 8.47. The van der Waals surface area contributed by atoms with E-state index in [2.05, 4.69) is 56.3 Å². The van der Waals surface area contributed by atoms with Gasteiger partial charge in [0.05, 0.1) is 5.69 Å². The van der Waals surface area contributed by atoms with Crippen molar-refractivity contribution in [2.75, 3.05) is 36.4 Å². The van der Waals surface area contributed by atoms with E-state index >= 15 is 0 Å². The third-order valence-corrected chi connectivity index (χ3v) is 4.88. The van der Waals surface area contributed by atoms with Crippen LogP contribution >= 0.6 is 0 Å². The van der Waals surface area contributed by atoms with Crippen LogP contribution in [0.25, 0.3) is 0 Å². The summed E-state index contributed by atoms with van der Waals surface area (Å²) in [5, 5.41) is 3.53. The van der Waals surface area contributed by atoms with Crippen LogP contribution < -0.4 is 10.2 Å². The van der Waals surface area contributed by atoms with Gasteiger partial charge < -0.3 is 10.2 Å². The van der Waals surface area contributed by atoms with E-state index in [1.807, 2.05) is 0 Å². The van der Waals surface area contributed by atoms with Gasteiger partial charge in [-0.15, -0.1) is 0 Å². The van der Waals surface area contributed by atoms with Gasteiger partial charge in [-0.05, 0) is 18.2 Å². The number of rotatable bonds is 2. The highest BCUT2D eigenvalue weighted by atomic mass is 15.2. The highest BCUT2D eigenvalue weighted by Crippen LogP contribution is 2.29. The predicted molar refractivity (Wildman–Crippen MR) is 92.7 cm³/mol. The Morgan fingerprint density at radius 1 is 1.13 bits per heavy atom. The quantitative estimate of drug-likeness (QED) is 0.922. The molecule has 0 radical (unpaired) electrons. The normalized spacial score (nSPS) is 17.9. The SMILES string of the molecule is CCN1CCc2ncnc(N3CCNc4ccccc4C3)c2C1. The van der Waals surface area contributed by atoms with Crippen LogP contribution in [0.4, 0.5) is 11.5 Å². The maximum atomic E-state index is 4.66. The minimum atomic E-state index is 0.902. The molecule has 0 fully saturated rings. The zero-order chi connectivity index (χ0) is 15.6. The summed E-state index contributed by atoms with van der Waals surface area (Å²) in [5.41, 5.74) is 5.12. The smallest absolute Gasteiger partial charge is 0.137 e. The number of benzene rings is 1. The number of para-hydroxylation sites is 1. The van der Waals surface area contributed by atoms with Gasteiger partial charge in [0.1, 0.15) is 12.1 Å². The molecule has 2 aliphatic heterocycles. The van der Waals surface area contributed by atoms with E-state index in [4.69, 9.17) is 0 Å². The van der Waals surface area contributed by atoms with Gasteiger partial charge in [-0.25, -0.2) is 9.97 Å². The second kappa shape index (κ2) is 6.16. The molecule has 5 nitrogen and oxygen atoms in total. The molecule has 23 heavy (non-hydrogen) atoms. The summed E-state index contributed by atoms with van der Waals surface area (Å²) in [6, 6.07) is 8.56. The lowest BCUT2D eigenvalue weighted by atomic mass is 10.1. The van der Waals surface area contributed by atoms with Gasteiger partial charge in [-0.1, -0.05) is 25.1 Å². The van der Waals surface area contributed by atoms with Crippen molar-refractivity contribution in [3.05, 3.63) is 47.4 Å². The Kier molecular flexibility index (Phi) is 3.87. The Bertz CT molecular complexity index is 700. The van der Waals surface area contributed by atoms with Gasteiger partial charge in [0.15, 0.2) is 0 Å². The Hall–Kier alpha value is -2.14. The summed E-state index contributed by atoms with van der Waals surface area (Å²) >= 11 is 0. The molecule has 4 rings (SSSR count). The number of nitrogens with zero attached hydrogens (tertiary/aromatic N) is 4. The van der Waals surface area contributed by atoms with E-state index in [9.17, 15) is 0 Å². The Morgan fingerprint density at radius 2 is 2.04 bits per heavy atom. The van der Waals surface area contributed by atoms with Crippen molar-refractivity contribution in [1.29, 1.82) is 0 Å². The van der Waals surface area contributed by atoms with Gasteiger partial charge in [-0.2, -0.15) is 0 Å². The van der Waals surface area contributed by atoms with Crippen molar-refractivity contribution in [2.24, 2.45) is 0 Å². The summed E-state index contributed by atoms with van der Waals surface area (Å²) in [6.07, 6.45) is 2.77. The van der Waals surface area contributed by atoms with Gasteiger partial charge in [-0.3, -0.25) is 4.90 Å². The van der Waals surface area contributed by atoms with Gasteiger partial charge >= 0.3 is 0 Å². The average Bonchev–Trinajstić information content (AvgIpc) is 2.83. The zero-order valence-electron chi connectivity index (χ0n) is 13.6. The van der Waals surface area contributed by atoms with Crippen molar-refractivity contribution >= 4 is 11.5 Å². The summed E-state index contributed by atoms with van der Waals surface area (Å²) in [7, 11) is 0. The summed E-state index contributed by atoms with van der Waals surface area (Å²) < 4.78 is 0. The molecule has 0 amide bonds. The van der Waals surface area contributed by atoms with Crippen molar-refractivity contribution in [3.8, 4) is 0 Å². The van der Waals surface area contributed by atoms with Gasteiger partial charge in [0.2, 0.25) is 0 Å². The molecule has 1 N–H and O–H groups in total. The third kappa shape index (κ3) is 2.77. The first-order valence-corrected chi connectivity index (χ1v) is 8.47. The lowest BCUT2D eigenvalue weighted by Gasteiger charge is -2.31. The van der Waals surface area contributed by atoms with Crippen LogP contribution in [-0.2, 0) is 19.5 Å². The number of nitrogens with one attached hydrogen (secondary N) is 1. The topological polar surface area (TPSA) is 44.3 Å². The minimum absolute atomic E-state index is 0.902. The Morgan fingerprint density at radius 3 is 2.96 bits per heavy atom. The van der Waals surface area contributed by atoms with Crippen LogP contribution in [-0.4, -0.2) is 41.0 Å². The highest BCUT2D eigenvalue weighted by molar-refractivity contribution is 5.57. The monoisotopic (exact) mass is 309 g/mol. The van der Waals surface area contributed by atoms with Crippen LogP contribution in [0.1, 0.15) is 23.7 Å². The Labute approximate surface area is 137 Å². The van der Waals surface area contributed by atoms with Crippen LogP contribution in [0, 0.1) is 0 Å². The minimum Gasteiger partial charge on any atom is -0.383 e. The average molecular weight is 309 g/mol. The fourth-order valence-electron chi connectivity index (χ4n) is 3.55. The van der Waals surface area contributed by atoms with E-state index in [0.717, 1.165) is 51.5 Å². The lowest BCUT2D eigenvalue weighted by Crippen LogP contribution is -2.34. The highest BCUT2D eigenvalue weighted by Gasteiger charge is 2.24. The van der Waals surface area contributed by atoms with Crippen molar-refractivity contribution in [2.45, 2.75) is 26.4 Å². The zero-order valence-corrected chi connectivity index (χ0v) is 13.6. The number of likely N-dealkylation sites (N-methyl/N-ethyl adjacent to an activating group) is 1. The summed E-state index contributed by atoms with van der Waals surface area (Å²) in [4.78, 5) is 14.1. The first-order chi connectivity index (χ1) is 11.3. The largest absolute Gasteiger partial charge is 0.383 e. The number of anilines is 2. The Balaban J connectivity index is 1.68. The van der Waals surface area contributed by atoms with E-state index < -0.39 is 0 Å². The molecule has 1 aromatic carbocycles. The maximum Gasteiger partial charge on any atom is 0.137 e. The molecule has 120 valence electrons. The fourth-order valence-corrected chi connectivity index (χ4v) is 3.55. The number of hydrogen-bond acceptors (Lipinski definition) is 5. The van der Waals surface area contributed by atoms with Crippen LogP contribution in [0.2, 0.25) is 0 Å². The standard InChI is InChI=1S/C18H23N5/c1-2-22-9-7-17-15(12-22)18(21-13-20-17)23-10-8-19-16-6-4-3-5-14(16)11-23/h3-6,13,19H,2,7-12H2,1H3. The predicted octanol–water partition coefficient (Wildman–Crippen LogP) is 2.29. The number of aromatic nitrogens is 2. The molecule has 0 atom stereocenters. The molecule has 1 aromatic heterocycles. The molecule has 2 aromatic rings. The molecule has 0 spiro atoms. The van der Waals surface area contributed by atoms with E-state index in [-0.39, 0.29) is 0 Å². The van der Waals surface area contributed by atoms with E-state index in [1.54, 1.807) is 6.33 Å². The summed E-state index contributed by atoms with van der Waals surface area (Å²) in [6.45, 7) is 8.17. The molecule has 0 unspecified atom stereocenters. The third-order valence-electron chi connectivity index (χ3n) is 4.88. The fraction of sp³-hybridized carbons (Fsp3) is 0.444. The lowest BCUT2D eigenvalue weighted by molar-refractivity contribution is 0.265. The second-order valence-corrected chi connectivity index (χ2v) is 6.25. The molecule has 0 saturated heterocycles. The van der Waals surface area contributed by atoms with Crippen molar-refractivity contribution < 1.29 is 0 Å². The number of fused-ring (bicyclic) bond motifs is 2. The molecule has 0 aliphatic carbocycles. The van der Waals surface area contributed by atoms with Crippen molar-refractivity contribution in [3.63, 3.8) is 0 Å². The van der Waals surface area contributed by atoms with Gasteiger partial charge in [0.25, 0.3) is 0 Å². The number of hydrogen-bond donors (Lipinski definition) is 1. The molecule has 0 saturated carbocycles. The molecule has 3 heterocycles. The van der Waals surface area contributed by atoms with Crippen LogP contribution in [0.5, 0.6) is 0 Å². The summed E-state index contributed by atoms with van der Waals surface area (Å²) in [5.74, 6) is 1.12. The van der Waals surface area contributed by atoms with E-state index in [0.29, 0.717) is 0 Å². The first kappa shape index (κ1) is 14.5. The van der Waals surface area contributed by atoms with Crippen LogP contribution in [0.15, 0.2) is 30.6 Å². The van der Waals surface area contributed by atoms with Crippen molar-refractivity contribution in [1.82, 2.24) is 14.9 Å². The molecule has 2 aliphatic rings. The van der Waals surface area contributed by atoms with Crippen LogP contribution in [0.3, 0.4) is 0 Å². The molecular formula is C18H23N5. The second-order valence-electron chi connectivity index (χ2n) is 6.25. The van der Waals surface area contributed by atoms with E-state index in [1.165, 1.54) is 22.5 Å². The molecule has 0 bridgehead atoms. The molecule has 5 heteroatoms.